The minimum Gasteiger partial charge on any atom is -0.471 e. The molecule has 2 aliphatic rings. The summed E-state index contributed by atoms with van der Waals surface area (Å²) in [5.41, 5.74) is 1.73. The van der Waals surface area contributed by atoms with Gasteiger partial charge in [0.15, 0.2) is 6.73 Å². The smallest absolute Gasteiger partial charge is 0.271 e. The summed E-state index contributed by atoms with van der Waals surface area (Å²) in [6.45, 7) is 4.62. The van der Waals surface area contributed by atoms with Crippen LogP contribution in [0.5, 0.6) is 5.75 Å². The highest BCUT2D eigenvalue weighted by molar-refractivity contribution is 5.92. The molecule has 2 bridgehead atoms. The van der Waals surface area contributed by atoms with E-state index in [9.17, 15) is 4.79 Å². The van der Waals surface area contributed by atoms with Crippen LogP contribution in [0.15, 0.2) is 36.5 Å². The van der Waals surface area contributed by atoms with Crippen molar-refractivity contribution >= 4 is 5.91 Å². The molecule has 3 heterocycles. The summed E-state index contributed by atoms with van der Waals surface area (Å²) in [4.78, 5) is 15.1. The Bertz CT molecular complexity index is 800. The normalized spacial score (nSPS) is 24.5. The summed E-state index contributed by atoms with van der Waals surface area (Å²) in [6.07, 6.45) is 6.36. The maximum Gasteiger partial charge on any atom is 0.271 e. The van der Waals surface area contributed by atoms with E-state index in [-0.39, 0.29) is 18.7 Å². The Labute approximate surface area is 166 Å². The molecule has 2 atom stereocenters. The van der Waals surface area contributed by atoms with Crippen molar-refractivity contribution in [1.82, 2.24) is 20.0 Å². The van der Waals surface area contributed by atoms with Crippen LogP contribution in [0.1, 0.15) is 61.5 Å². The van der Waals surface area contributed by atoms with E-state index in [1.807, 2.05) is 12.1 Å². The number of carbonyl (C=O) groups is 1. The van der Waals surface area contributed by atoms with Crippen molar-refractivity contribution in [2.45, 2.75) is 70.3 Å². The highest BCUT2D eigenvalue weighted by Crippen LogP contribution is 2.34. The summed E-state index contributed by atoms with van der Waals surface area (Å²) < 4.78 is 7.44. The molecule has 1 aromatic carbocycles. The fraction of sp³-hybridized carbons (Fsp3) is 0.545. The number of hydrogen-bond donors (Lipinski definition) is 1. The van der Waals surface area contributed by atoms with Crippen molar-refractivity contribution in [2.24, 2.45) is 0 Å². The molecular formula is C22H30N4O2. The second-order valence-electron chi connectivity index (χ2n) is 8.43. The monoisotopic (exact) mass is 382 g/mol. The van der Waals surface area contributed by atoms with Crippen LogP contribution in [-0.4, -0.2) is 45.8 Å². The maximum atomic E-state index is 12.6. The van der Waals surface area contributed by atoms with E-state index in [0.29, 0.717) is 23.7 Å². The molecule has 6 nitrogen and oxygen atoms in total. The van der Waals surface area contributed by atoms with E-state index in [2.05, 4.69) is 48.3 Å². The molecule has 4 rings (SSSR count). The molecule has 1 aromatic heterocycles. The van der Waals surface area contributed by atoms with E-state index >= 15 is 0 Å². The standard InChI is InChI=1S/C22H30N4O2/c1-15(2)16-4-8-20(9-5-16)28-14-26-11-10-21(24-26)22(27)23-17-12-18-6-7-19(13-17)25(18)3/h4-5,8-11,15,17-19H,6-7,12-14H2,1-3H3,(H,23,27). The third-order valence-electron chi connectivity index (χ3n) is 6.22. The van der Waals surface area contributed by atoms with Gasteiger partial charge in [0.1, 0.15) is 11.4 Å². The van der Waals surface area contributed by atoms with Crippen LogP contribution in [0.3, 0.4) is 0 Å². The molecule has 0 spiro atoms. The van der Waals surface area contributed by atoms with Crippen LogP contribution in [0.4, 0.5) is 0 Å². The Morgan fingerprint density at radius 2 is 1.86 bits per heavy atom. The number of benzene rings is 1. The number of nitrogens with zero attached hydrogens (tertiary/aromatic N) is 3. The third-order valence-corrected chi connectivity index (χ3v) is 6.22. The van der Waals surface area contributed by atoms with Crippen LogP contribution in [0.25, 0.3) is 0 Å². The largest absolute Gasteiger partial charge is 0.471 e. The predicted octanol–water partition coefficient (Wildman–Crippen LogP) is 3.40. The number of piperidine rings is 1. The van der Waals surface area contributed by atoms with E-state index in [0.717, 1.165) is 18.6 Å². The topological polar surface area (TPSA) is 59.4 Å². The number of aromatic nitrogens is 2. The molecule has 1 N–H and O–H groups in total. The first-order valence-corrected chi connectivity index (χ1v) is 10.3. The van der Waals surface area contributed by atoms with Crippen molar-refractivity contribution in [3.63, 3.8) is 0 Å². The molecule has 28 heavy (non-hydrogen) atoms. The number of ether oxygens (including phenoxy) is 1. The summed E-state index contributed by atoms with van der Waals surface area (Å²) in [6, 6.07) is 11.3. The average molecular weight is 383 g/mol. The lowest BCUT2D eigenvalue weighted by atomic mass is 9.98. The molecule has 2 aromatic rings. The van der Waals surface area contributed by atoms with Gasteiger partial charge in [0.25, 0.3) is 5.91 Å². The Morgan fingerprint density at radius 3 is 2.50 bits per heavy atom. The first kappa shape index (κ1) is 19.0. The molecule has 1 amide bonds. The Balaban J connectivity index is 1.29. The third kappa shape index (κ3) is 4.07. The van der Waals surface area contributed by atoms with Gasteiger partial charge in [-0.15, -0.1) is 0 Å². The lowest BCUT2D eigenvalue weighted by Crippen LogP contribution is -2.48. The first-order valence-electron chi connectivity index (χ1n) is 10.3. The summed E-state index contributed by atoms with van der Waals surface area (Å²) in [7, 11) is 2.21. The van der Waals surface area contributed by atoms with E-state index in [1.54, 1.807) is 16.9 Å². The minimum absolute atomic E-state index is 0.0889. The zero-order valence-electron chi connectivity index (χ0n) is 17.0. The molecule has 2 unspecified atom stereocenters. The Hall–Kier alpha value is -2.34. The number of fused-ring (bicyclic) bond motifs is 2. The molecule has 0 saturated carbocycles. The van der Waals surface area contributed by atoms with Gasteiger partial charge in [-0.05, 0) is 62.4 Å². The Morgan fingerprint density at radius 1 is 1.18 bits per heavy atom. The SMILES string of the molecule is CC(C)c1ccc(OCn2ccc(C(=O)NC3CC4CCC(C3)N4C)n2)cc1. The second-order valence-corrected chi connectivity index (χ2v) is 8.43. The zero-order chi connectivity index (χ0) is 19.7. The molecule has 2 aliphatic heterocycles. The number of carbonyl (C=O) groups excluding carboxylic acids is 1. The predicted molar refractivity (Wildman–Crippen MR) is 108 cm³/mol. The van der Waals surface area contributed by atoms with E-state index in [1.165, 1.54) is 18.4 Å². The summed E-state index contributed by atoms with van der Waals surface area (Å²) >= 11 is 0. The highest BCUT2D eigenvalue weighted by Gasteiger charge is 2.38. The highest BCUT2D eigenvalue weighted by atomic mass is 16.5. The number of amides is 1. The van der Waals surface area contributed by atoms with Crippen LogP contribution in [0, 0.1) is 0 Å². The molecule has 2 fully saturated rings. The maximum absolute atomic E-state index is 12.6. The molecular weight excluding hydrogens is 352 g/mol. The van der Waals surface area contributed by atoms with Gasteiger partial charge < -0.3 is 15.0 Å². The van der Waals surface area contributed by atoms with Crippen LogP contribution in [0.2, 0.25) is 0 Å². The molecule has 0 radical (unpaired) electrons. The lowest BCUT2D eigenvalue weighted by Gasteiger charge is -2.36. The minimum atomic E-state index is -0.0889. The van der Waals surface area contributed by atoms with Gasteiger partial charge in [-0.1, -0.05) is 26.0 Å². The number of rotatable bonds is 6. The van der Waals surface area contributed by atoms with Crippen LogP contribution in [-0.2, 0) is 6.73 Å². The van der Waals surface area contributed by atoms with Crippen molar-refractivity contribution in [3.8, 4) is 5.75 Å². The quantitative estimate of drug-likeness (QED) is 0.832. The summed E-state index contributed by atoms with van der Waals surface area (Å²) in [5, 5.41) is 7.55. The van der Waals surface area contributed by atoms with Crippen LogP contribution >= 0.6 is 0 Å². The van der Waals surface area contributed by atoms with Gasteiger partial charge in [-0.3, -0.25) is 4.79 Å². The van der Waals surface area contributed by atoms with Crippen LogP contribution < -0.4 is 10.1 Å². The first-order chi connectivity index (χ1) is 13.5. The fourth-order valence-electron chi connectivity index (χ4n) is 4.43. The molecule has 150 valence electrons. The molecule has 0 aliphatic carbocycles. The van der Waals surface area contributed by atoms with Crippen molar-refractivity contribution < 1.29 is 9.53 Å². The zero-order valence-corrected chi connectivity index (χ0v) is 17.0. The average Bonchev–Trinajstić information content (AvgIpc) is 3.22. The van der Waals surface area contributed by atoms with Gasteiger partial charge in [-0.2, -0.15) is 5.10 Å². The van der Waals surface area contributed by atoms with Gasteiger partial charge in [0, 0.05) is 24.3 Å². The molecule has 2 saturated heterocycles. The van der Waals surface area contributed by atoms with Crippen molar-refractivity contribution in [1.29, 1.82) is 0 Å². The Kier molecular flexibility index (Phi) is 5.40. The summed E-state index contributed by atoms with van der Waals surface area (Å²) in [5.74, 6) is 1.21. The lowest BCUT2D eigenvalue weighted by molar-refractivity contribution is 0.0875. The van der Waals surface area contributed by atoms with Gasteiger partial charge in [0.2, 0.25) is 0 Å². The van der Waals surface area contributed by atoms with E-state index < -0.39 is 0 Å². The fourth-order valence-corrected chi connectivity index (χ4v) is 4.43. The van der Waals surface area contributed by atoms with Crippen molar-refractivity contribution in [2.75, 3.05) is 7.05 Å². The van der Waals surface area contributed by atoms with Gasteiger partial charge in [0.05, 0.1) is 0 Å². The molecule has 6 heteroatoms. The van der Waals surface area contributed by atoms with Gasteiger partial charge >= 0.3 is 0 Å². The number of hydrogen-bond acceptors (Lipinski definition) is 4. The van der Waals surface area contributed by atoms with Crippen molar-refractivity contribution in [3.05, 3.63) is 47.8 Å². The second kappa shape index (κ2) is 7.95. The van der Waals surface area contributed by atoms with Gasteiger partial charge in [-0.25, -0.2) is 4.68 Å². The van der Waals surface area contributed by atoms with E-state index in [4.69, 9.17) is 4.74 Å². The number of nitrogens with one attached hydrogen (secondary N) is 1.